The zero-order chi connectivity index (χ0) is 17.1. The lowest BCUT2D eigenvalue weighted by Gasteiger charge is -2.10. The quantitative estimate of drug-likeness (QED) is 0.560. The monoisotopic (exact) mass is 324 g/mol. The fraction of sp³-hybridized carbons (Fsp3) is 0. The maximum atomic E-state index is 8.90. The van der Waals surface area contributed by atoms with Crippen molar-refractivity contribution >= 4 is 10.9 Å². The maximum absolute atomic E-state index is 8.90. The number of nitriles is 1. The Morgan fingerprint density at radius 1 is 0.880 bits per heavy atom. The fourth-order valence-electron chi connectivity index (χ4n) is 2.46. The molecule has 0 saturated heterocycles. The minimum Gasteiger partial charge on any atom is -0.438 e. The lowest BCUT2D eigenvalue weighted by Crippen LogP contribution is -1.96. The summed E-state index contributed by atoms with van der Waals surface area (Å²) >= 11 is 0. The zero-order valence-electron chi connectivity index (χ0n) is 13.1. The molecular formula is C20H12N4O. The van der Waals surface area contributed by atoms with Gasteiger partial charge in [0, 0.05) is 18.0 Å². The van der Waals surface area contributed by atoms with Crippen molar-refractivity contribution in [2.24, 2.45) is 0 Å². The zero-order valence-corrected chi connectivity index (χ0v) is 13.1. The number of ether oxygens (including phenoxy) is 1. The molecule has 2 aromatic carbocycles. The number of para-hydroxylation sites is 1. The summed E-state index contributed by atoms with van der Waals surface area (Å²) in [6, 6.07) is 20.4. The Bertz CT molecular complexity index is 1070. The molecule has 4 aromatic rings. The van der Waals surface area contributed by atoms with E-state index in [1.807, 2.05) is 36.4 Å². The van der Waals surface area contributed by atoms with E-state index < -0.39 is 0 Å². The molecule has 0 bridgehead atoms. The van der Waals surface area contributed by atoms with Gasteiger partial charge >= 0.3 is 0 Å². The molecule has 4 rings (SSSR count). The number of hydrogen-bond acceptors (Lipinski definition) is 5. The minimum absolute atomic E-state index is 0.467. The van der Waals surface area contributed by atoms with E-state index in [1.54, 1.807) is 36.7 Å². The second kappa shape index (κ2) is 6.38. The lowest BCUT2D eigenvalue weighted by atomic mass is 10.2. The molecule has 0 radical (unpaired) electrons. The van der Waals surface area contributed by atoms with Crippen LogP contribution in [0.25, 0.3) is 22.3 Å². The molecule has 0 aliphatic carbocycles. The fourth-order valence-corrected chi connectivity index (χ4v) is 2.46. The average Bonchev–Trinajstić information content (AvgIpc) is 2.69. The molecule has 0 N–H and O–H groups in total. The van der Waals surface area contributed by atoms with Crippen molar-refractivity contribution in [3.63, 3.8) is 0 Å². The predicted octanol–water partition coefficient (Wildman–Crippen LogP) is 4.36. The van der Waals surface area contributed by atoms with Gasteiger partial charge in [-0.05, 0) is 48.5 Å². The smallest absolute Gasteiger partial charge is 0.230 e. The molecule has 118 valence electrons. The summed E-state index contributed by atoms with van der Waals surface area (Å²) in [6.45, 7) is 0. The van der Waals surface area contributed by atoms with Crippen LogP contribution >= 0.6 is 0 Å². The summed E-state index contributed by atoms with van der Waals surface area (Å²) < 4.78 is 5.97. The lowest BCUT2D eigenvalue weighted by molar-refractivity contribution is 0.469. The van der Waals surface area contributed by atoms with E-state index in [0.29, 0.717) is 23.0 Å². The average molecular weight is 324 g/mol. The van der Waals surface area contributed by atoms with E-state index in [2.05, 4.69) is 21.0 Å². The van der Waals surface area contributed by atoms with E-state index in [4.69, 9.17) is 10.00 Å². The van der Waals surface area contributed by atoms with Crippen LogP contribution in [0.1, 0.15) is 5.56 Å². The molecule has 0 saturated carbocycles. The number of fused-ring (bicyclic) bond motifs is 1. The molecule has 0 fully saturated rings. The molecule has 0 aliphatic rings. The standard InChI is InChI=1S/C20H12N4O/c21-12-14-7-9-16(10-8-14)25-20-17-5-1-2-6-18(17)23-19(24-20)15-4-3-11-22-13-15/h1-11,13H. The predicted molar refractivity (Wildman–Crippen MR) is 94.0 cm³/mol. The van der Waals surface area contributed by atoms with Gasteiger partial charge in [-0.25, -0.2) is 4.98 Å². The molecule has 0 spiro atoms. The second-order valence-electron chi connectivity index (χ2n) is 5.35. The molecule has 0 amide bonds. The van der Waals surface area contributed by atoms with Gasteiger partial charge in [0.25, 0.3) is 0 Å². The van der Waals surface area contributed by atoms with Crippen LogP contribution in [0.15, 0.2) is 73.1 Å². The normalized spacial score (nSPS) is 10.4. The molecule has 0 unspecified atom stereocenters. The Morgan fingerprint density at radius 3 is 2.48 bits per heavy atom. The summed E-state index contributed by atoms with van der Waals surface area (Å²) in [7, 11) is 0. The highest BCUT2D eigenvalue weighted by atomic mass is 16.5. The molecule has 0 aliphatic heterocycles. The molecule has 5 nitrogen and oxygen atoms in total. The first-order valence-electron chi connectivity index (χ1n) is 7.69. The van der Waals surface area contributed by atoms with Crippen LogP contribution in [0, 0.1) is 11.3 Å². The Morgan fingerprint density at radius 2 is 1.72 bits per heavy atom. The van der Waals surface area contributed by atoms with E-state index in [-0.39, 0.29) is 0 Å². The van der Waals surface area contributed by atoms with Crippen molar-refractivity contribution in [2.45, 2.75) is 0 Å². The highest BCUT2D eigenvalue weighted by molar-refractivity contribution is 5.85. The third-order valence-corrected chi connectivity index (χ3v) is 3.69. The Labute approximate surface area is 144 Å². The van der Waals surface area contributed by atoms with E-state index >= 15 is 0 Å². The summed E-state index contributed by atoms with van der Waals surface area (Å²) in [6.07, 6.45) is 3.42. The van der Waals surface area contributed by atoms with Crippen molar-refractivity contribution in [3.8, 4) is 29.1 Å². The summed E-state index contributed by atoms with van der Waals surface area (Å²) in [5, 5.41) is 9.72. The van der Waals surface area contributed by atoms with E-state index in [9.17, 15) is 0 Å². The molecular weight excluding hydrogens is 312 g/mol. The first-order valence-corrected chi connectivity index (χ1v) is 7.69. The molecule has 0 atom stereocenters. The van der Waals surface area contributed by atoms with Crippen molar-refractivity contribution in [3.05, 3.63) is 78.6 Å². The number of hydrogen-bond donors (Lipinski definition) is 0. The van der Waals surface area contributed by atoms with Crippen LogP contribution < -0.4 is 4.74 Å². The number of benzene rings is 2. The van der Waals surface area contributed by atoms with E-state index in [1.165, 1.54) is 0 Å². The topological polar surface area (TPSA) is 71.7 Å². The molecule has 2 aromatic heterocycles. The van der Waals surface area contributed by atoms with Crippen LogP contribution in [0.4, 0.5) is 0 Å². The van der Waals surface area contributed by atoms with Gasteiger partial charge in [0.15, 0.2) is 5.82 Å². The highest BCUT2D eigenvalue weighted by Gasteiger charge is 2.11. The third-order valence-electron chi connectivity index (χ3n) is 3.69. The molecule has 2 heterocycles. The molecule has 25 heavy (non-hydrogen) atoms. The van der Waals surface area contributed by atoms with E-state index in [0.717, 1.165) is 16.5 Å². The van der Waals surface area contributed by atoms with Crippen LogP contribution in [-0.4, -0.2) is 15.0 Å². The van der Waals surface area contributed by atoms with Crippen LogP contribution in [-0.2, 0) is 0 Å². The Kier molecular flexibility index (Phi) is 3.77. The Hall–Kier alpha value is -3.78. The van der Waals surface area contributed by atoms with Gasteiger partial charge in [0.2, 0.25) is 5.88 Å². The largest absolute Gasteiger partial charge is 0.438 e. The van der Waals surface area contributed by atoms with Crippen molar-refractivity contribution in [1.29, 1.82) is 5.26 Å². The number of aromatic nitrogens is 3. The summed E-state index contributed by atoms with van der Waals surface area (Å²) in [4.78, 5) is 13.3. The van der Waals surface area contributed by atoms with Crippen molar-refractivity contribution < 1.29 is 4.74 Å². The maximum Gasteiger partial charge on any atom is 0.230 e. The van der Waals surface area contributed by atoms with Crippen molar-refractivity contribution in [2.75, 3.05) is 0 Å². The molecule has 5 heteroatoms. The van der Waals surface area contributed by atoms with Gasteiger partial charge in [-0.1, -0.05) is 12.1 Å². The van der Waals surface area contributed by atoms with Crippen LogP contribution in [0.3, 0.4) is 0 Å². The summed E-state index contributed by atoms with van der Waals surface area (Å²) in [5.74, 6) is 1.63. The van der Waals surface area contributed by atoms with Gasteiger partial charge in [0.05, 0.1) is 22.5 Å². The van der Waals surface area contributed by atoms with Crippen molar-refractivity contribution in [1.82, 2.24) is 15.0 Å². The van der Waals surface area contributed by atoms with Gasteiger partial charge in [-0.2, -0.15) is 10.2 Å². The number of rotatable bonds is 3. The van der Waals surface area contributed by atoms with Gasteiger partial charge < -0.3 is 4.74 Å². The Balaban J connectivity index is 1.82. The SMILES string of the molecule is N#Cc1ccc(Oc2nc(-c3cccnc3)nc3ccccc23)cc1. The number of pyridine rings is 1. The second-order valence-corrected chi connectivity index (χ2v) is 5.35. The van der Waals surface area contributed by atoms with Crippen LogP contribution in [0.2, 0.25) is 0 Å². The third kappa shape index (κ3) is 3.01. The number of nitrogens with zero attached hydrogens (tertiary/aromatic N) is 4. The summed E-state index contributed by atoms with van der Waals surface area (Å²) in [5.41, 5.74) is 2.19. The highest BCUT2D eigenvalue weighted by Crippen LogP contribution is 2.29. The van der Waals surface area contributed by atoms with Crippen LogP contribution in [0.5, 0.6) is 11.6 Å². The minimum atomic E-state index is 0.467. The van der Waals surface area contributed by atoms with Gasteiger partial charge in [-0.15, -0.1) is 0 Å². The first-order chi connectivity index (χ1) is 12.3. The van der Waals surface area contributed by atoms with Gasteiger partial charge in [-0.3, -0.25) is 4.98 Å². The van der Waals surface area contributed by atoms with Gasteiger partial charge in [0.1, 0.15) is 5.75 Å². The first kappa shape index (κ1) is 14.8.